The van der Waals surface area contributed by atoms with Gasteiger partial charge in [-0.2, -0.15) is 0 Å². The normalized spacial score (nSPS) is 16.7. The molecule has 0 amide bonds. The molecule has 1 atom stereocenters. The minimum absolute atomic E-state index is 0.434. The average Bonchev–Trinajstić information content (AvgIpc) is 2.94. The monoisotopic (exact) mass is 257 g/mol. The molecule has 0 saturated heterocycles. The Balaban J connectivity index is 2.17. The van der Waals surface area contributed by atoms with E-state index in [-0.39, 0.29) is 0 Å². The van der Waals surface area contributed by atoms with Crippen molar-refractivity contribution in [2.45, 2.75) is 58.4 Å². The Bertz CT molecular complexity index is 414. The van der Waals surface area contributed by atoms with Gasteiger partial charge in [0.15, 0.2) is 0 Å². The lowest BCUT2D eigenvalue weighted by atomic mass is 9.94. The van der Waals surface area contributed by atoms with Gasteiger partial charge in [-0.1, -0.05) is 56.7 Å². The predicted molar refractivity (Wildman–Crippen MR) is 83.5 cm³/mol. The van der Waals surface area contributed by atoms with E-state index in [2.05, 4.69) is 56.4 Å². The molecule has 104 valence electrons. The van der Waals surface area contributed by atoms with Crippen molar-refractivity contribution in [1.82, 2.24) is 5.32 Å². The molecule has 1 aromatic carbocycles. The fourth-order valence-electron chi connectivity index (χ4n) is 2.78. The van der Waals surface area contributed by atoms with Gasteiger partial charge < -0.3 is 5.32 Å². The highest BCUT2D eigenvalue weighted by atomic mass is 14.9. The van der Waals surface area contributed by atoms with Crippen molar-refractivity contribution in [3.05, 3.63) is 47.0 Å². The Morgan fingerprint density at radius 3 is 2.32 bits per heavy atom. The Labute approximate surface area is 118 Å². The number of hydrogen-bond donors (Lipinski definition) is 1. The van der Waals surface area contributed by atoms with Crippen LogP contribution in [0.3, 0.4) is 0 Å². The lowest BCUT2D eigenvalue weighted by Crippen LogP contribution is -2.23. The van der Waals surface area contributed by atoms with Crippen LogP contribution in [0.1, 0.15) is 69.5 Å². The smallest absolute Gasteiger partial charge is 0.0536 e. The summed E-state index contributed by atoms with van der Waals surface area (Å²) in [6, 6.07) is 9.62. The van der Waals surface area contributed by atoms with E-state index in [1.165, 1.54) is 36.8 Å². The summed E-state index contributed by atoms with van der Waals surface area (Å²) < 4.78 is 0. The fraction of sp³-hybridized carbons (Fsp3) is 0.556. The van der Waals surface area contributed by atoms with E-state index in [0.717, 1.165) is 6.54 Å². The highest BCUT2D eigenvalue weighted by Gasteiger charge is 2.18. The van der Waals surface area contributed by atoms with Crippen LogP contribution in [0.25, 0.3) is 0 Å². The van der Waals surface area contributed by atoms with Gasteiger partial charge in [0.25, 0.3) is 0 Å². The second kappa shape index (κ2) is 6.91. The van der Waals surface area contributed by atoms with Gasteiger partial charge in [-0.15, -0.1) is 0 Å². The van der Waals surface area contributed by atoms with Crippen molar-refractivity contribution in [3.8, 4) is 0 Å². The molecule has 1 aromatic rings. The van der Waals surface area contributed by atoms with Crippen molar-refractivity contribution in [1.29, 1.82) is 0 Å². The van der Waals surface area contributed by atoms with Gasteiger partial charge in [0.2, 0.25) is 0 Å². The van der Waals surface area contributed by atoms with Crippen LogP contribution in [0.4, 0.5) is 0 Å². The van der Waals surface area contributed by atoms with E-state index in [1.54, 1.807) is 5.57 Å². The number of nitrogens with one attached hydrogen (secondary N) is 1. The maximum absolute atomic E-state index is 3.71. The molecule has 0 aliphatic heterocycles. The Morgan fingerprint density at radius 2 is 1.79 bits per heavy atom. The summed E-state index contributed by atoms with van der Waals surface area (Å²) in [5.41, 5.74) is 4.44. The third kappa shape index (κ3) is 3.70. The topological polar surface area (TPSA) is 12.0 Å². The first kappa shape index (κ1) is 14.3. The predicted octanol–water partition coefficient (Wildman–Crippen LogP) is 4.96. The summed E-state index contributed by atoms with van der Waals surface area (Å²) >= 11 is 0. The first-order valence-corrected chi connectivity index (χ1v) is 7.74. The lowest BCUT2D eigenvalue weighted by molar-refractivity contribution is 0.578. The molecule has 0 saturated carbocycles. The SMILES string of the molecule is CCCNC(C1=CCCC1)c1ccc(C(C)C)cc1. The van der Waals surface area contributed by atoms with E-state index >= 15 is 0 Å². The third-order valence-corrected chi connectivity index (χ3v) is 3.98. The molecule has 0 fully saturated rings. The number of hydrogen-bond acceptors (Lipinski definition) is 1. The maximum Gasteiger partial charge on any atom is 0.0536 e. The molecule has 0 radical (unpaired) electrons. The highest BCUT2D eigenvalue weighted by Crippen LogP contribution is 2.31. The van der Waals surface area contributed by atoms with Crippen LogP contribution >= 0.6 is 0 Å². The van der Waals surface area contributed by atoms with Crippen molar-refractivity contribution in [3.63, 3.8) is 0 Å². The highest BCUT2D eigenvalue weighted by molar-refractivity contribution is 5.33. The van der Waals surface area contributed by atoms with Crippen LogP contribution in [0, 0.1) is 0 Å². The standard InChI is InChI=1S/C18H27N/c1-4-13-19-18(16-7-5-6-8-16)17-11-9-15(10-12-17)14(2)3/h7,9-12,14,18-19H,4-6,8,13H2,1-3H3. The number of rotatable bonds is 6. The molecule has 0 spiro atoms. The second-order valence-electron chi connectivity index (χ2n) is 5.88. The van der Waals surface area contributed by atoms with Crippen LogP contribution < -0.4 is 5.32 Å². The van der Waals surface area contributed by atoms with E-state index in [0.29, 0.717) is 12.0 Å². The summed E-state index contributed by atoms with van der Waals surface area (Å²) in [6.45, 7) is 7.82. The first-order chi connectivity index (χ1) is 9.22. The zero-order valence-electron chi connectivity index (χ0n) is 12.6. The Kier molecular flexibility index (Phi) is 5.21. The molecule has 0 bridgehead atoms. The van der Waals surface area contributed by atoms with Crippen LogP contribution in [-0.2, 0) is 0 Å². The fourth-order valence-corrected chi connectivity index (χ4v) is 2.78. The van der Waals surface area contributed by atoms with Crippen LogP contribution in [-0.4, -0.2) is 6.54 Å². The average molecular weight is 257 g/mol. The molecule has 1 heteroatoms. The van der Waals surface area contributed by atoms with E-state index in [1.807, 2.05) is 0 Å². The lowest BCUT2D eigenvalue weighted by Gasteiger charge is -2.21. The third-order valence-electron chi connectivity index (χ3n) is 3.98. The minimum Gasteiger partial charge on any atom is -0.307 e. The molecule has 19 heavy (non-hydrogen) atoms. The molecular formula is C18H27N. The maximum atomic E-state index is 3.71. The van der Waals surface area contributed by atoms with Gasteiger partial charge in [0.1, 0.15) is 0 Å². The minimum atomic E-state index is 0.434. The van der Waals surface area contributed by atoms with E-state index in [4.69, 9.17) is 0 Å². The second-order valence-corrected chi connectivity index (χ2v) is 5.88. The van der Waals surface area contributed by atoms with Gasteiger partial charge in [-0.3, -0.25) is 0 Å². The molecule has 1 aliphatic carbocycles. The molecule has 1 nitrogen and oxygen atoms in total. The molecule has 1 aliphatic rings. The van der Waals surface area contributed by atoms with Crippen LogP contribution in [0.5, 0.6) is 0 Å². The summed E-state index contributed by atoms with van der Waals surface area (Å²) in [5.74, 6) is 0.613. The molecular weight excluding hydrogens is 230 g/mol. The van der Waals surface area contributed by atoms with Crippen LogP contribution in [0.15, 0.2) is 35.9 Å². The van der Waals surface area contributed by atoms with E-state index in [9.17, 15) is 0 Å². The van der Waals surface area contributed by atoms with Gasteiger partial charge in [0, 0.05) is 0 Å². The van der Waals surface area contributed by atoms with Gasteiger partial charge in [-0.05, 0) is 49.3 Å². The summed E-state index contributed by atoms with van der Waals surface area (Å²) in [7, 11) is 0. The van der Waals surface area contributed by atoms with Crippen molar-refractivity contribution in [2.24, 2.45) is 0 Å². The molecule has 2 rings (SSSR count). The summed E-state index contributed by atoms with van der Waals surface area (Å²) in [4.78, 5) is 0. The van der Waals surface area contributed by atoms with Gasteiger partial charge in [-0.25, -0.2) is 0 Å². The van der Waals surface area contributed by atoms with E-state index < -0.39 is 0 Å². The van der Waals surface area contributed by atoms with Crippen molar-refractivity contribution >= 4 is 0 Å². The Hall–Kier alpha value is -1.08. The van der Waals surface area contributed by atoms with Crippen molar-refractivity contribution in [2.75, 3.05) is 6.54 Å². The van der Waals surface area contributed by atoms with Crippen molar-refractivity contribution < 1.29 is 0 Å². The zero-order valence-corrected chi connectivity index (χ0v) is 12.6. The number of benzene rings is 1. The molecule has 1 N–H and O–H groups in total. The molecule has 0 aromatic heterocycles. The largest absolute Gasteiger partial charge is 0.307 e. The summed E-state index contributed by atoms with van der Waals surface area (Å²) in [5, 5.41) is 3.71. The first-order valence-electron chi connectivity index (χ1n) is 7.74. The Morgan fingerprint density at radius 1 is 1.11 bits per heavy atom. The van der Waals surface area contributed by atoms with Gasteiger partial charge in [0.05, 0.1) is 6.04 Å². The quantitative estimate of drug-likeness (QED) is 0.710. The van der Waals surface area contributed by atoms with Gasteiger partial charge >= 0.3 is 0 Å². The molecule has 1 unspecified atom stereocenters. The number of allylic oxidation sites excluding steroid dienone is 1. The zero-order chi connectivity index (χ0) is 13.7. The summed E-state index contributed by atoms with van der Waals surface area (Å²) in [6.07, 6.45) is 7.46. The molecule has 0 heterocycles. The van der Waals surface area contributed by atoms with Crippen LogP contribution in [0.2, 0.25) is 0 Å².